The van der Waals surface area contributed by atoms with E-state index in [2.05, 4.69) is 39.9 Å². The Labute approximate surface area is 131 Å². The van der Waals surface area contributed by atoms with Gasteiger partial charge in [0.15, 0.2) is 0 Å². The highest BCUT2D eigenvalue weighted by atomic mass is 35.5. The highest BCUT2D eigenvalue weighted by Gasteiger charge is 2.18. The number of hydrogen-bond acceptors (Lipinski definition) is 3. The molecular formula is C17H20ClN3. The van der Waals surface area contributed by atoms with E-state index in [0.29, 0.717) is 0 Å². The molecule has 0 spiro atoms. The molecular weight excluding hydrogens is 282 g/mol. The number of aryl methyl sites for hydroxylation is 1. The highest BCUT2D eigenvalue weighted by Crippen LogP contribution is 2.25. The minimum atomic E-state index is 0.812. The molecule has 2 aromatic rings. The molecule has 110 valence electrons. The Morgan fingerprint density at radius 2 is 1.90 bits per heavy atom. The summed E-state index contributed by atoms with van der Waals surface area (Å²) in [5.41, 5.74) is 3.70. The predicted octanol–water partition coefficient (Wildman–Crippen LogP) is 3.37. The van der Waals surface area contributed by atoms with Crippen molar-refractivity contribution < 1.29 is 0 Å². The van der Waals surface area contributed by atoms with Crippen molar-refractivity contribution in [3.63, 3.8) is 0 Å². The van der Waals surface area contributed by atoms with E-state index < -0.39 is 0 Å². The van der Waals surface area contributed by atoms with Gasteiger partial charge in [-0.2, -0.15) is 0 Å². The second-order valence-corrected chi connectivity index (χ2v) is 5.95. The summed E-state index contributed by atoms with van der Waals surface area (Å²) in [5, 5.41) is 0.812. The van der Waals surface area contributed by atoms with Gasteiger partial charge in [0.25, 0.3) is 0 Å². The van der Waals surface area contributed by atoms with Crippen LogP contribution >= 0.6 is 11.6 Å². The van der Waals surface area contributed by atoms with Crippen LogP contribution in [0.4, 0.5) is 5.69 Å². The van der Waals surface area contributed by atoms with E-state index in [1.807, 2.05) is 24.4 Å². The van der Waals surface area contributed by atoms with Crippen molar-refractivity contribution in [3.8, 4) is 0 Å². The number of halogens is 1. The maximum absolute atomic E-state index is 6.13. The van der Waals surface area contributed by atoms with Gasteiger partial charge < -0.3 is 4.90 Å². The van der Waals surface area contributed by atoms with E-state index >= 15 is 0 Å². The first-order valence-corrected chi connectivity index (χ1v) is 7.73. The summed E-state index contributed by atoms with van der Waals surface area (Å²) < 4.78 is 0. The van der Waals surface area contributed by atoms with Gasteiger partial charge in [-0.05, 0) is 36.8 Å². The molecule has 1 aromatic carbocycles. The zero-order valence-corrected chi connectivity index (χ0v) is 13.1. The van der Waals surface area contributed by atoms with Crippen molar-refractivity contribution >= 4 is 17.3 Å². The summed E-state index contributed by atoms with van der Waals surface area (Å²) in [7, 11) is 0. The first-order chi connectivity index (χ1) is 10.2. The van der Waals surface area contributed by atoms with Crippen molar-refractivity contribution in [3.05, 3.63) is 58.9 Å². The lowest BCUT2D eigenvalue weighted by Crippen LogP contribution is -2.46. The van der Waals surface area contributed by atoms with Crippen LogP contribution in [-0.4, -0.2) is 36.1 Å². The largest absolute Gasteiger partial charge is 0.369 e. The van der Waals surface area contributed by atoms with Crippen LogP contribution in [0.5, 0.6) is 0 Å². The minimum absolute atomic E-state index is 0.812. The Morgan fingerprint density at radius 3 is 2.62 bits per heavy atom. The second kappa shape index (κ2) is 6.46. The molecule has 1 aliphatic rings. The molecule has 0 aliphatic carbocycles. The van der Waals surface area contributed by atoms with E-state index in [1.54, 1.807) is 0 Å². The molecule has 0 N–H and O–H groups in total. The lowest BCUT2D eigenvalue weighted by molar-refractivity contribution is 0.247. The van der Waals surface area contributed by atoms with Crippen LogP contribution in [0, 0.1) is 6.92 Å². The quantitative estimate of drug-likeness (QED) is 0.866. The molecule has 3 rings (SSSR count). The van der Waals surface area contributed by atoms with E-state index in [9.17, 15) is 0 Å². The Balaban J connectivity index is 1.61. The number of pyridine rings is 1. The molecule has 0 unspecified atom stereocenters. The zero-order chi connectivity index (χ0) is 14.7. The highest BCUT2D eigenvalue weighted by molar-refractivity contribution is 6.30. The first kappa shape index (κ1) is 14.4. The van der Waals surface area contributed by atoms with Crippen LogP contribution in [-0.2, 0) is 6.54 Å². The molecule has 0 amide bonds. The van der Waals surface area contributed by atoms with Gasteiger partial charge in [0, 0.05) is 49.6 Å². The van der Waals surface area contributed by atoms with Gasteiger partial charge in [-0.1, -0.05) is 23.7 Å². The van der Waals surface area contributed by atoms with Crippen molar-refractivity contribution in [2.75, 3.05) is 31.1 Å². The number of nitrogens with zero attached hydrogens (tertiary/aromatic N) is 3. The van der Waals surface area contributed by atoms with Crippen LogP contribution < -0.4 is 4.90 Å². The number of hydrogen-bond donors (Lipinski definition) is 0. The van der Waals surface area contributed by atoms with Crippen LogP contribution in [0.25, 0.3) is 0 Å². The Kier molecular flexibility index (Phi) is 4.42. The normalized spacial score (nSPS) is 16.2. The predicted molar refractivity (Wildman–Crippen MR) is 87.9 cm³/mol. The third-order valence-electron chi connectivity index (χ3n) is 4.00. The lowest BCUT2D eigenvalue weighted by Gasteiger charge is -2.36. The molecule has 1 aliphatic heterocycles. The van der Waals surface area contributed by atoms with Gasteiger partial charge in [-0.15, -0.1) is 0 Å². The van der Waals surface area contributed by atoms with Gasteiger partial charge in [0.1, 0.15) is 0 Å². The van der Waals surface area contributed by atoms with E-state index in [4.69, 9.17) is 11.6 Å². The maximum atomic E-state index is 6.13. The summed E-state index contributed by atoms with van der Waals surface area (Å²) in [6.07, 6.45) is 1.86. The first-order valence-electron chi connectivity index (χ1n) is 7.36. The maximum Gasteiger partial charge on any atom is 0.0543 e. The monoisotopic (exact) mass is 301 g/mol. The summed E-state index contributed by atoms with van der Waals surface area (Å²) in [6.45, 7) is 7.27. The zero-order valence-electron chi connectivity index (χ0n) is 12.3. The Hall–Kier alpha value is -1.58. The molecule has 1 fully saturated rings. The summed E-state index contributed by atoms with van der Waals surface area (Å²) in [4.78, 5) is 9.29. The number of benzene rings is 1. The molecule has 0 radical (unpaired) electrons. The number of piperazine rings is 1. The van der Waals surface area contributed by atoms with Gasteiger partial charge in [-0.25, -0.2) is 0 Å². The topological polar surface area (TPSA) is 19.4 Å². The molecule has 4 heteroatoms. The Morgan fingerprint density at radius 1 is 1.10 bits per heavy atom. The van der Waals surface area contributed by atoms with Crippen LogP contribution in [0.2, 0.25) is 5.02 Å². The number of rotatable bonds is 3. The van der Waals surface area contributed by atoms with Crippen LogP contribution in [0.1, 0.15) is 11.3 Å². The summed E-state index contributed by atoms with van der Waals surface area (Å²) in [5.74, 6) is 0. The van der Waals surface area contributed by atoms with Crippen LogP contribution in [0.15, 0.2) is 42.6 Å². The molecule has 0 atom stereocenters. The average molecular weight is 302 g/mol. The standard InChI is InChI=1S/C17H20ClN3/c1-14-5-6-15(18)12-17(14)21-10-8-20(9-11-21)13-16-4-2-3-7-19-16/h2-7,12H,8-11,13H2,1H3. The van der Waals surface area contributed by atoms with Gasteiger partial charge >= 0.3 is 0 Å². The van der Waals surface area contributed by atoms with E-state index in [-0.39, 0.29) is 0 Å². The molecule has 0 bridgehead atoms. The van der Waals surface area contributed by atoms with Gasteiger partial charge in [-0.3, -0.25) is 9.88 Å². The van der Waals surface area contributed by atoms with Crippen molar-refractivity contribution in [2.45, 2.75) is 13.5 Å². The van der Waals surface area contributed by atoms with E-state index in [1.165, 1.54) is 11.3 Å². The molecule has 21 heavy (non-hydrogen) atoms. The molecule has 2 heterocycles. The van der Waals surface area contributed by atoms with Gasteiger partial charge in [0.05, 0.1) is 5.69 Å². The SMILES string of the molecule is Cc1ccc(Cl)cc1N1CCN(Cc2ccccn2)CC1. The van der Waals surface area contributed by atoms with Crippen molar-refractivity contribution in [1.82, 2.24) is 9.88 Å². The third kappa shape index (κ3) is 3.55. The fourth-order valence-corrected chi connectivity index (χ4v) is 2.96. The summed E-state index contributed by atoms with van der Waals surface area (Å²) in [6, 6.07) is 12.2. The molecule has 3 nitrogen and oxygen atoms in total. The van der Waals surface area contributed by atoms with Crippen molar-refractivity contribution in [2.24, 2.45) is 0 Å². The number of aromatic nitrogens is 1. The van der Waals surface area contributed by atoms with Crippen LogP contribution in [0.3, 0.4) is 0 Å². The second-order valence-electron chi connectivity index (χ2n) is 5.52. The fraction of sp³-hybridized carbons (Fsp3) is 0.353. The fourth-order valence-electron chi connectivity index (χ4n) is 2.79. The van der Waals surface area contributed by atoms with Crippen molar-refractivity contribution in [1.29, 1.82) is 0 Å². The minimum Gasteiger partial charge on any atom is -0.369 e. The average Bonchev–Trinajstić information content (AvgIpc) is 2.52. The molecule has 0 saturated carbocycles. The Bertz CT molecular complexity index is 592. The number of anilines is 1. The third-order valence-corrected chi connectivity index (χ3v) is 4.23. The van der Waals surface area contributed by atoms with Gasteiger partial charge in [0.2, 0.25) is 0 Å². The lowest BCUT2D eigenvalue weighted by atomic mass is 10.1. The van der Waals surface area contributed by atoms with E-state index in [0.717, 1.165) is 43.4 Å². The summed E-state index contributed by atoms with van der Waals surface area (Å²) >= 11 is 6.13. The molecule has 1 saturated heterocycles. The smallest absolute Gasteiger partial charge is 0.0543 e. The molecule has 1 aromatic heterocycles.